The molecule has 0 bridgehead atoms. The smallest absolute Gasteiger partial charge is 0.0739 e. The lowest BCUT2D eigenvalue weighted by atomic mass is 9.88. The zero-order valence-corrected chi connectivity index (χ0v) is 15.6. The van der Waals surface area contributed by atoms with E-state index in [1.165, 1.54) is 23.0 Å². The molecular weight excluding hydrogens is 328 g/mol. The first-order valence-electron chi connectivity index (χ1n) is 8.17. The van der Waals surface area contributed by atoms with Gasteiger partial charge >= 0.3 is 0 Å². The molecule has 0 aromatic carbocycles. The molecule has 1 fully saturated rings. The minimum absolute atomic E-state index is 0.269. The van der Waals surface area contributed by atoms with E-state index in [-0.39, 0.29) is 5.54 Å². The first kappa shape index (κ1) is 17.0. The van der Waals surface area contributed by atoms with E-state index in [1.807, 2.05) is 0 Å². The monoisotopic (exact) mass is 356 g/mol. The summed E-state index contributed by atoms with van der Waals surface area (Å²) in [7, 11) is 0. The molecule has 1 aliphatic heterocycles. The van der Waals surface area contributed by atoms with Gasteiger partial charge in [-0.1, -0.05) is 13.8 Å². The van der Waals surface area contributed by atoms with Crippen molar-refractivity contribution in [3.05, 3.63) is 15.9 Å². The Hall–Kier alpha value is -0.390. The fourth-order valence-corrected chi connectivity index (χ4v) is 3.65. The molecule has 4 nitrogen and oxygen atoms in total. The number of hydrogen-bond donors (Lipinski definition) is 1. The Balaban J connectivity index is 2.21. The van der Waals surface area contributed by atoms with Gasteiger partial charge in [0.05, 0.1) is 15.9 Å². The van der Waals surface area contributed by atoms with Crippen molar-refractivity contribution in [2.45, 2.75) is 72.1 Å². The molecule has 1 aromatic heterocycles. The van der Waals surface area contributed by atoms with Crippen molar-refractivity contribution in [1.82, 2.24) is 20.0 Å². The largest absolute Gasteiger partial charge is 0.308 e. The second-order valence-corrected chi connectivity index (χ2v) is 7.08. The number of nitrogens with zero attached hydrogens (tertiary/aromatic N) is 3. The lowest BCUT2D eigenvalue weighted by molar-refractivity contribution is 0.0722. The normalized spacial score (nSPS) is 22.7. The third-order valence-electron chi connectivity index (χ3n) is 5.06. The van der Waals surface area contributed by atoms with Crippen molar-refractivity contribution in [3.63, 3.8) is 0 Å². The molecule has 1 saturated heterocycles. The summed E-state index contributed by atoms with van der Waals surface area (Å²) < 4.78 is 3.31. The van der Waals surface area contributed by atoms with Crippen molar-refractivity contribution < 1.29 is 0 Å². The van der Waals surface area contributed by atoms with Crippen molar-refractivity contribution in [1.29, 1.82) is 0 Å². The van der Waals surface area contributed by atoms with Crippen LogP contribution in [0.25, 0.3) is 0 Å². The maximum absolute atomic E-state index is 4.62. The molecule has 21 heavy (non-hydrogen) atoms. The van der Waals surface area contributed by atoms with E-state index in [9.17, 15) is 0 Å². The fraction of sp³-hybridized carbons (Fsp3) is 0.812. The lowest BCUT2D eigenvalue weighted by Crippen LogP contribution is -2.62. The zero-order chi connectivity index (χ0) is 15.6. The van der Waals surface area contributed by atoms with E-state index in [0.717, 1.165) is 31.9 Å². The van der Waals surface area contributed by atoms with Gasteiger partial charge in [0.15, 0.2) is 0 Å². The number of aryl methyl sites for hydroxylation is 2. The third kappa shape index (κ3) is 3.35. The van der Waals surface area contributed by atoms with Crippen LogP contribution in [0, 0.1) is 6.92 Å². The molecule has 0 spiro atoms. The van der Waals surface area contributed by atoms with E-state index in [0.29, 0.717) is 6.04 Å². The average Bonchev–Trinajstić information content (AvgIpc) is 2.77. The van der Waals surface area contributed by atoms with Crippen LogP contribution in [-0.4, -0.2) is 39.4 Å². The molecule has 0 amide bonds. The van der Waals surface area contributed by atoms with Gasteiger partial charge in [0.25, 0.3) is 0 Å². The summed E-state index contributed by atoms with van der Waals surface area (Å²) >= 11 is 3.73. The molecule has 1 atom stereocenters. The molecule has 120 valence electrons. The van der Waals surface area contributed by atoms with Gasteiger partial charge in [-0.3, -0.25) is 9.58 Å². The molecule has 5 heteroatoms. The highest BCUT2D eigenvalue weighted by Gasteiger charge is 2.35. The summed E-state index contributed by atoms with van der Waals surface area (Å²) in [6.45, 7) is 15.2. The van der Waals surface area contributed by atoms with Gasteiger partial charge in [0, 0.05) is 37.8 Å². The van der Waals surface area contributed by atoms with E-state index in [1.54, 1.807) is 0 Å². The highest BCUT2D eigenvalue weighted by atomic mass is 79.9. The van der Waals surface area contributed by atoms with Crippen LogP contribution in [0.4, 0.5) is 0 Å². The molecule has 1 aromatic rings. The number of aromatic nitrogens is 2. The standard InChI is InChI=1S/C16H29BrN4/c1-6-16(7-2)11-20(12(4)9-18-16)10-14-15(17)13(5)19-21(14)8-3/h12,18H,6-11H2,1-5H3. The van der Waals surface area contributed by atoms with Crippen LogP contribution in [0.15, 0.2) is 4.47 Å². The van der Waals surface area contributed by atoms with Crippen LogP contribution in [-0.2, 0) is 13.1 Å². The van der Waals surface area contributed by atoms with Crippen LogP contribution < -0.4 is 5.32 Å². The SMILES string of the molecule is CCn1nc(C)c(Br)c1CN1CC(CC)(CC)NCC1C. The predicted molar refractivity (Wildman–Crippen MR) is 91.5 cm³/mol. The summed E-state index contributed by atoms with van der Waals surface area (Å²) in [4.78, 5) is 2.61. The second kappa shape index (κ2) is 6.80. The van der Waals surface area contributed by atoms with Gasteiger partial charge in [-0.05, 0) is 49.5 Å². The third-order valence-corrected chi connectivity index (χ3v) is 6.09. The minimum atomic E-state index is 0.269. The van der Waals surface area contributed by atoms with Crippen LogP contribution >= 0.6 is 15.9 Å². The Morgan fingerprint density at radius 1 is 1.33 bits per heavy atom. The summed E-state index contributed by atoms with van der Waals surface area (Å²) in [5.41, 5.74) is 2.67. The maximum Gasteiger partial charge on any atom is 0.0739 e. The topological polar surface area (TPSA) is 33.1 Å². The Kier molecular flexibility index (Phi) is 5.49. The van der Waals surface area contributed by atoms with Crippen molar-refractivity contribution in [3.8, 4) is 0 Å². The molecule has 2 heterocycles. The van der Waals surface area contributed by atoms with Gasteiger partial charge in [-0.2, -0.15) is 5.10 Å². The van der Waals surface area contributed by atoms with Gasteiger partial charge in [-0.15, -0.1) is 0 Å². The van der Waals surface area contributed by atoms with Gasteiger partial charge < -0.3 is 5.32 Å². The molecular formula is C16H29BrN4. The summed E-state index contributed by atoms with van der Waals surface area (Å²) in [5, 5.41) is 8.39. The fourth-order valence-electron chi connectivity index (χ4n) is 3.24. The highest BCUT2D eigenvalue weighted by Crippen LogP contribution is 2.27. The Labute approximate surface area is 137 Å². The molecule has 0 saturated carbocycles. The molecule has 1 unspecified atom stereocenters. The van der Waals surface area contributed by atoms with Crippen LogP contribution in [0.1, 0.15) is 51.9 Å². The summed E-state index contributed by atoms with van der Waals surface area (Å²) in [6.07, 6.45) is 2.36. The van der Waals surface area contributed by atoms with Crippen LogP contribution in [0.2, 0.25) is 0 Å². The van der Waals surface area contributed by atoms with Gasteiger partial charge in [-0.25, -0.2) is 0 Å². The summed E-state index contributed by atoms with van der Waals surface area (Å²) in [5.74, 6) is 0. The van der Waals surface area contributed by atoms with Crippen LogP contribution in [0.5, 0.6) is 0 Å². The van der Waals surface area contributed by atoms with E-state index < -0.39 is 0 Å². The molecule has 1 N–H and O–H groups in total. The van der Waals surface area contributed by atoms with Crippen LogP contribution in [0.3, 0.4) is 0 Å². The van der Waals surface area contributed by atoms with Gasteiger partial charge in [0.1, 0.15) is 0 Å². The zero-order valence-electron chi connectivity index (χ0n) is 14.0. The molecule has 0 radical (unpaired) electrons. The van der Waals surface area contributed by atoms with E-state index in [2.05, 4.69) is 70.5 Å². The molecule has 1 aliphatic rings. The molecule has 2 rings (SSSR count). The summed E-state index contributed by atoms with van der Waals surface area (Å²) in [6, 6.07) is 0.559. The van der Waals surface area contributed by atoms with Crippen molar-refractivity contribution >= 4 is 15.9 Å². The number of nitrogens with one attached hydrogen (secondary N) is 1. The van der Waals surface area contributed by atoms with Gasteiger partial charge in [0.2, 0.25) is 0 Å². The first-order valence-corrected chi connectivity index (χ1v) is 8.96. The highest BCUT2D eigenvalue weighted by molar-refractivity contribution is 9.10. The molecule has 0 aliphatic carbocycles. The minimum Gasteiger partial charge on any atom is -0.308 e. The maximum atomic E-state index is 4.62. The number of hydrogen-bond acceptors (Lipinski definition) is 3. The number of halogens is 1. The predicted octanol–water partition coefficient (Wildman–Crippen LogP) is 3.33. The Bertz CT molecular complexity index is 479. The average molecular weight is 357 g/mol. The first-order chi connectivity index (χ1) is 9.96. The van der Waals surface area contributed by atoms with E-state index >= 15 is 0 Å². The van der Waals surface area contributed by atoms with Crippen molar-refractivity contribution in [2.75, 3.05) is 13.1 Å². The number of piperazine rings is 1. The Morgan fingerprint density at radius 3 is 2.57 bits per heavy atom. The van der Waals surface area contributed by atoms with Crippen molar-refractivity contribution in [2.24, 2.45) is 0 Å². The quantitative estimate of drug-likeness (QED) is 0.878. The number of rotatable bonds is 5. The second-order valence-electron chi connectivity index (χ2n) is 6.28. The van der Waals surface area contributed by atoms with E-state index in [4.69, 9.17) is 0 Å². The Morgan fingerprint density at radius 2 is 2.00 bits per heavy atom. The lowest BCUT2D eigenvalue weighted by Gasteiger charge is -2.46.